The number of hydrogen-bond donors (Lipinski definition) is 1. The van der Waals surface area contributed by atoms with Gasteiger partial charge in [-0.2, -0.15) is 0 Å². The SMILES string of the molecule is CC[C@H](C)NC(=O)COc1ccc(N(C)S(C)(=O)=O)cc1. The topological polar surface area (TPSA) is 75.7 Å². The molecule has 0 radical (unpaired) electrons. The van der Waals surface area contributed by atoms with Gasteiger partial charge in [0.05, 0.1) is 11.9 Å². The molecule has 1 aromatic rings. The van der Waals surface area contributed by atoms with Gasteiger partial charge in [0.1, 0.15) is 5.75 Å². The van der Waals surface area contributed by atoms with Crippen molar-refractivity contribution in [2.24, 2.45) is 0 Å². The Morgan fingerprint density at radius 2 is 1.90 bits per heavy atom. The Bertz CT molecular complexity index is 569. The average molecular weight is 314 g/mol. The third kappa shape index (κ3) is 5.63. The van der Waals surface area contributed by atoms with Gasteiger partial charge in [0, 0.05) is 13.1 Å². The highest BCUT2D eigenvalue weighted by atomic mass is 32.2. The lowest BCUT2D eigenvalue weighted by Crippen LogP contribution is -2.35. The lowest BCUT2D eigenvalue weighted by atomic mass is 10.2. The maximum absolute atomic E-state index is 11.6. The molecule has 0 aliphatic heterocycles. The molecule has 0 fully saturated rings. The summed E-state index contributed by atoms with van der Waals surface area (Å²) in [5.74, 6) is 0.335. The third-order valence-electron chi connectivity index (χ3n) is 3.09. The maximum atomic E-state index is 11.6. The molecule has 21 heavy (non-hydrogen) atoms. The number of nitrogens with one attached hydrogen (secondary N) is 1. The Morgan fingerprint density at radius 3 is 2.38 bits per heavy atom. The molecule has 0 aliphatic carbocycles. The van der Waals surface area contributed by atoms with Crippen LogP contribution in [0.15, 0.2) is 24.3 Å². The molecular formula is C14H22N2O4S. The fourth-order valence-electron chi connectivity index (χ4n) is 1.51. The average Bonchev–Trinajstić information content (AvgIpc) is 2.43. The molecule has 0 spiro atoms. The molecular weight excluding hydrogens is 292 g/mol. The van der Waals surface area contributed by atoms with Crippen LogP contribution in [0.4, 0.5) is 5.69 Å². The molecule has 1 aromatic carbocycles. The lowest BCUT2D eigenvalue weighted by Gasteiger charge is -2.17. The fraction of sp³-hybridized carbons (Fsp3) is 0.500. The summed E-state index contributed by atoms with van der Waals surface area (Å²) in [7, 11) is -1.81. The quantitative estimate of drug-likeness (QED) is 0.825. The Hall–Kier alpha value is -1.76. The molecule has 0 saturated heterocycles. The predicted molar refractivity (Wildman–Crippen MR) is 83.1 cm³/mol. The molecule has 6 nitrogen and oxygen atoms in total. The first-order chi connectivity index (χ1) is 9.74. The molecule has 0 saturated carbocycles. The van der Waals surface area contributed by atoms with Gasteiger partial charge in [-0.3, -0.25) is 9.10 Å². The van der Waals surface area contributed by atoms with E-state index in [9.17, 15) is 13.2 Å². The highest BCUT2D eigenvalue weighted by Gasteiger charge is 2.12. The van der Waals surface area contributed by atoms with Crippen LogP contribution in [-0.4, -0.2) is 40.3 Å². The summed E-state index contributed by atoms with van der Waals surface area (Å²) in [5.41, 5.74) is 0.536. The van der Waals surface area contributed by atoms with Crippen molar-refractivity contribution in [3.8, 4) is 5.75 Å². The van der Waals surface area contributed by atoms with Gasteiger partial charge < -0.3 is 10.1 Å². The monoisotopic (exact) mass is 314 g/mol. The Kier molecular flexibility index (Phi) is 6.02. The van der Waals surface area contributed by atoms with Crippen LogP contribution in [0.25, 0.3) is 0 Å². The molecule has 1 amide bonds. The Labute approximate surface area is 126 Å². The number of carbonyl (C=O) groups excluding carboxylic acids is 1. The minimum Gasteiger partial charge on any atom is -0.484 e. The summed E-state index contributed by atoms with van der Waals surface area (Å²) in [5, 5.41) is 2.80. The van der Waals surface area contributed by atoms with E-state index in [2.05, 4.69) is 5.32 Å². The van der Waals surface area contributed by atoms with Crippen LogP contribution in [0.3, 0.4) is 0 Å². The van der Waals surface area contributed by atoms with E-state index < -0.39 is 10.0 Å². The van der Waals surface area contributed by atoms with E-state index >= 15 is 0 Å². The van der Waals surface area contributed by atoms with E-state index in [1.165, 1.54) is 11.4 Å². The standard InChI is InChI=1S/C14H22N2O4S/c1-5-11(2)15-14(17)10-20-13-8-6-12(7-9-13)16(3)21(4,18)19/h6-9,11H,5,10H2,1-4H3,(H,15,17)/t11-/m0/s1. The largest absolute Gasteiger partial charge is 0.484 e. The normalized spacial score (nSPS) is 12.6. The maximum Gasteiger partial charge on any atom is 0.258 e. The van der Waals surface area contributed by atoms with Crippen molar-refractivity contribution in [1.82, 2.24) is 5.32 Å². The first kappa shape index (κ1) is 17.3. The summed E-state index contributed by atoms with van der Waals surface area (Å²) < 4.78 is 29.3. The fourth-order valence-corrected chi connectivity index (χ4v) is 2.02. The number of benzene rings is 1. The predicted octanol–water partition coefficient (Wildman–Crippen LogP) is 1.38. The lowest BCUT2D eigenvalue weighted by molar-refractivity contribution is -0.123. The van der Waals surface area contributed by atoms with Crippen molar-refractivity contribution in [3.05, 3.63) is 24.3 Å². The number of carbonyl (C=O) groups is 1. The summed E-state index contributed by atoms with van der Waals surface area (Å²) in [6.45, 7) is 3.85. The Balaban J connectivity index is 2.58. The van der Waals surface area contributed by atoms with Gasteiger partial charge in [0.2, 0.25) is 10.0 Å². The molecule has 118 valence electrons. The number of ether oxygens (including phenoxy) is 1. The summed E-state index contributed by atoms with van der Waals surface area (Å²) in [4.78, 5) is 11.6. The molecule has 1 rings (SSSR count). The minimum atomic E-state index is -3.28. The number of sulfonamides is 1. The van der Waals surface area contributed by atoms with Crippen molar-refractivity contribution in [2.75, 3.05) is 24.2 Å². The number of anilines is 1. The van der Waals surface area contributed by atoms with Crippen molar-refractivity contribution in [3.63, 3.8) is 0 Å². The number of amides is 1. The second-order valence-corrected chi connectivity index (χ2v) is 6.90. The molecule has 0 bridgehead atoms. The molecule has 7 heteroatoms. The molecule has 0 aromatic heterocycles. The molecule has 0 aliphatic rings. The van der Waals surface area contributed by atoms with E-state index in [-0.39, 0.29) is 18.6 Å². The second-order valence-electron chi connectivity index (χ2n) is 4.89. The zero-order valence-electron chi connectivity index (χ0n) is 12.8. The first-order valence-corrected chi connectivity index (χ1v) is 8.55. The molecule has 0 heterocycles. The van der Waals surface area contributed by atoms with Crippen LogP contribution in [0.1, 0.15) is 20.3 Å². The number of nitrogens with zero attached hydrogens (tertiary/aromatic N) is 1. The van der Waals surface area contributed by atoms with E-state index in [0.717, 1.165) is 12.7 Å². The highest BCUT2D eigenvalue weighted by molar-refractivity contribution is 7.92. The number of rotatable bonds is 7. The van der Waals surface area contributed by atoms with Crippen molar-refractivity contribution in [1.29, 1.82) is 0 Å². The van der Waals surface area contributed by atoms with E-state index in [0.29, 0.717) is 11.4 Å². The van der Waals surface area contributed by atoms with Gasteiger partial charge in [0.15, 0.2) is 6.61 Å². The van der Waals surface area contributed by atoms with Crippen molar-refractivity contribution in [2.45, 2.75) is 26.3 Å². The number of hydrogen-bond acceptors (Lipinski definition) is 4. The van der Waals surface area contributed by atoms with Crippen LogP contribution in [0.5, 0.6) is 5.75 Å². The van der Waals surface area contributed by atoms with Crippen LogP contribution < -0.4 is 14.4 Å². The van der Waals surface area contributed by atoms with Gasteiger partial charge >= 0.3 is 0 Å². The van der Waals surface area contributed by atoms with Gasteiger partial charge in [-0.15, -0.1) is 0 Å². The van der Waals surface area contributed by atoms with Gasteiger partial charge in [-0.25, -0.2) is 8.42 Å². The van der Waals surface area contributed by atoms with Crippen LogP contribution in [0.2, 0.25) is 0 Å². The van der Waals surface area contributed by atoms with Crippen LogP contribution in [-0.2, 0) is 14.8 Å². The van der Waals surface area contributed by atoms with Crippen LogP contribution >= 0.6 is 0 Å². The minimum absolute atomic E-state index is 0.0639. The van der Waals surface area contributed by atoms with E-state index in [4.69, 9.17) is 4.74 Å². The summed E-state index contributed by atoms with van der Waals surface area (Å²) >= 11 is 0. The van der Waals surface area contributed by atoms with Crippen molar-refractivity contribution < 1.29 is 17.9 Å². The second kappa shape index (κ2) is 7.31. The van der Waals surface area contributed by atoms with Crippen molar-refractivity contribution >= 4 is 21.6 Å². The summed E-state index contributed by atoms with van der Waals surface area (Å²) in [6, 6.07) is 6.64. The van der Waals surface area contributed by atoms with Gasteiger partial charge in [-0.05, 0) is 37.6 Å². The van der Waals surface area contributed by atoms with Crippen LogP contribution in [0, 0.1) is 0 Å². The molecule has 1 N–H and O–H groups in total. The summed E-state index contributed by atoms with van der Waals surface area (Å²) in [6.07, 6.45) is 1.99. The Morgan fingerprint density at radius 1 is 1.33 bits per heavy atom. The zero-order chi connectivity index (χ0) is 16.0. The third-order valence-corrected chi connectivity index (χ3v) is 4.29. The zero-order valence-corrected chi connectivity index (χ0v) is 13.6. The molecule has 0 unspecified atom stereocenters. The first-order valence-electron chi connectivity index (χ1n) is 6.70. The van der Waals surface area contributed by atoms with Gasteiger partial charge in [0.25, 0.3) is 5.91 Å². The smallest absolute Gasteiger partial charge is 0.258 e. The highest BCUT2D eigenvalue weighted by Crippen LogP contribution is 2.20. The van der Waals surface area contributed by atoms with E-state index in [1.807, 2.05) is 13.8 Å². The van der Waals surface area contributed by atoms with Gasteiger partial charge in [-0.1, -0.05) is 6.92 Å². The molecule has 1 atom stereocenters. The van der Waals surface area contributed by atoms with E-state index in [1.54, 1.807) is 24.3 Å².